The van der Waals surface area contributed by atoms with E-state index in [0.717, 1.165) is 6.42 Å². The zero-order valence-corrected chi connectivity index (χ0v) is 12.3. The summed E-state index contributed by atoms with van der Waals surface area (Å²) in [6, 6.07) is 3.00. The lowest BCUT2D eigenvalue weighted by Crippen LogP contribution is -2.29. The van der Waals surface area contributed by atoms with Gasteiger partial charge >= 0.3 is 0 Å². The zero-order valence-electron chi connectivity index (χ0n) is 10.7. The van der Waals surface area contributed by atoms with E-state index >= 15 is 0 Å². The van der Waals surface area contributed by atoms with E-state index in [1.54, 1.807) is 0 Å². The lowest BCUT2D eigenvalue weighted by Gasteiger charge is -2.15. The molecule has 0 aliphatic heterocycles. The first kappa shape index (κ1) is 16.1. The zero-order chi connectivity index (χ0) is 14.4. The van der Waals surface area contributed by atoms with Gasteiger partial charge in [-0.1, -0.05) is 36.5 Å². The SMILES string of the molecule is CCC(CCO)CNC(=O)c1cc(N)cc(Cl)c1Cl. The lowest BCUT2D eigenvalue weighted by atomic mass is 10.0. The van der Waals surface area contributed by atoms with Crippen molar-refractivity contribution in [2.45, 2.75) is 19.8 Å². The maximum Gasteiger partial charge on any atom is 0.252 e. The van der Waals surface area contributed by atoms with Crippen LogP contribution in [-0.4, -0.2) is 24.2 Å². The second-order valence-electron chi connectivity index (χ2n) is 4.36. The number of amides is 1. The number of nitrogen functional groups attached to an aromatic ring is 1. The van der Waals surface area contributed by atoms with Crippen molar-refractivity contribution in [3.05, 3.63) is 27.7 Å². The summed E-state index contributed by atoms with van der Waals surface area (Å²) in [4.78, 5) is 12.0. The topological polar surface area (TPSA) is 75.3 Å². The Morgan fingerprint density at radius 1 is 1.47 bits per heavy atom. The minimum atomic E-state index is -0.310. The molecule has 6 heteroatoms. The average molecular weight is 305 g/mol. The third-order valence-electron chi connectivity index (χ3n) is 2.96. The molecule has 1 rings (SSSR count). The second kappa shape index (κ2) is 7.58. The van der Waals surface area contributed by atoms with Crippen molar-refractivity contribution in [2.24, 2.45) is 5.92 Å². The van der Waals surface area contributed by atoms with Crippen molar-refractivity contribution in [1.82, 2.24) is 5.32 Å². The maximum absolute atomic E-state index is 12.0. The van der Waals surface area contributed by atoms with E-state index in [-0.39, 0.29) is 34.0 Å². The normalized spacial score (nSPS) is 12.2. The van der Waals surface area contributed by atoms with Crippen LogP contribution in [0.5, 0.6) is 0 Å². The Labute approximate surface area is 122 Å². The molecule has 0 aromatic heterocycles. The molecule has 0 heterocycles. The van der Waals surface area contributed by atoms with Gasteiger partial charge in [-0.2, -0.15) is 0 Å². The van der Waals surface area contributed by atoms with Crippen LogP contribution >= 0.6 is 23.2 Å². The van der Waals surface area contributed by atoms with Gasteiger partial charge in [0, 0.05) is 18.8 Å². The summed E-state index contributed by atoms with van der Waals surface area (Å²) < 4.78 is 0. The van der Waals surface area contributed by atoms with E-state index in [0.29, 0.717) is 18.7 Å². The molecule has 1 atom stereocenters. The summed E-state index contributed by atoms with van der Waals surface area (Å²) in [5, 5.41) is 12.1. The van der Waals surface area contributed by atoms with Crippen LogP contribution in [0.3, 0.4) is 0 Å². The minimum Gasteiger partial charge on any atom is -0.399 e. The monoisotopic (exact) mass is 304 g/mol. The number of aliphatic hydroxyl groups is 1. The summed E-state index contributed by atoms with van der Waals surface area (Å²) in [6.07, 6.45) is 1.54. The van der Waals surface area contributed by atoms with Gasteiger partial charge in [-0.25, -0.2) is 0 Å². The first-order valence-corrected chi connectivity index (χ1v) is 6.88. The fourth-order valence-electron chi connectivity index (χ4n) is 1.74. The number of halogens is 2. The molecule has 0 aliphatic rings. The molecule has 0 aliphatic carbocycles. The quantitative estimate of drug-likeness (QED) is 0.707. The van der Waals surface area contributed by atoms with Gasteiger partial charge in [-0.15, -0.1) is 0 Å². The van der Waals surface area contributed by atoms with Crippen LogP contribution in [0.15, 0.2) is 12.1 Å². The Kier molecular flexibility index (Phi) is 6.42. The number of hydrogen-bond acceptors (Lipinski definition) is 3. The van der Waals surface area contributed by atoms with Crippen LogP contribution in [0.1, 0.15) is 30.1 Å². The highest BCUT2D eigenvalue weighted by Gasteiger charge is 2.15. The van der Waals surface area contributed by atoms with Crippen LogP contribution < -0.4 is 11.1 Å². The molecule has 0 bridgehead atoms. The third-order valence-corrected chi connectivity index (χ3v) is 3.76. The molecular formula is C13H18Cl2N2O2. The second-order valence-corrected chi connectivity index (χ2v) is 5.15. The van der Waals surface area contributed by atoms with Crippen molar-refractivity contribution < 1.29 is 9.90 Å². The molecule has 1 unspecified atom stereocenters. The highest BCUT2D eigenvalue weighted by molar-refractivity contribution is 6.44. The van der Waals surface area contributed by atoms with Gasteiger partial charge in [0.15, 0.2) is 0 Å². The molecule has 0 saturated heterocycles. The first-order chi connectivity index (χ1) is 8.99. The van der Waals surface area contributed by atoms with E-state index in [1.165, 1.54) is 12.1 Å². The Bertz CT molecular complexity index is 453. The van der Waals surface area contributed by atoms with Gasteiger partial charge in [0.2, 0.25) is 0 Å². The molecule has 1 amide bonds. The van der Waals surface area contributed by atoms with Crippen LogP contribution in [0, 0.1) is 5.92 Å². The smallest absolute Gasteiger partial charge is 0.252 e. The lowest BCUT2D eigenvalue weighted by molar-refractivity contribution is 0.0943. The molecule has 0 fully saturated rings. The van der Waals surface area contributed by atoms with Gasteiger partial charge in [0.25, 0.3) is 5.91 Å². The summed E-state index contributed by atoms with van der Waals surface area (Å²) >= 11 is 11.9. The number of carbonyl (C=O) groups is 1. The Hall–Kier alpha value is -0.970. The van der Waals surface area contributed by atoms with Crippen LogP contribution in [0.25, 0.3) is 0 Å². The van der Waals surface area contributed by atoms with Gasteiger partial charge in [0.05, 0.1) is 15.6 Å². The van der Waals surface area contributed by atoms with Crippen LogP contribution in [0.4, 0.5) is 5.69 Å². The minimum absolute atomic E-state index is 0.110. The molecule has 19 heavy (non-hydrogen) atoms. The molecular weight excluding hydrogens is 287 g/mol. The van der Waals surface area contributed by atoms with Gasteiger partial charge in [0.1, 0.15) is 0 Å². The number of hydrogen-bond donors (Lipinski definition) is 3. The van der Waals surface area contributed by atoms with E-state index in [9.17, 15) is 4.79 Å². The molecule has 4 N–H and O–H groups in total. The van der Waals surface area contributed by atoms with Crippen molar-refractivity contribution in [1.29, 1.82) is 0 Å². The highest BCUT2D eigenvalue weighted by atomic mass is 35.5. The van der Waals surface area contributed by atoms with Crippen molar-refractivity contribution in [3.8, 4) is 0 Å². The number of rotatable bonds is 6. The number of benzene rings is 1. The summed E-state index contributed by atoms with van der Waals surface area (Å²) in [5.74, 6) is -0.0696. The average Bonchev–Trinajstić information content (AvgIpc) is 2.38. The Morgan fingerprint density at radius 3 is 2.74 bits per heavy atom. The van der Waals surface area contributed by atoms with E-state index < -0.39 is 0 Å². The number of carbonyl (C=O) groups excluding carboxylic acids is 1. The molecule has 0 saturated carbocycles. The predicted octanol–water partition coefficient (Wildman–Crippen LogP) is 2.71. The third kappa shape index (κ3) is 4.56. The van der Waals surface area contributed by atoms with Gasteiger partial charge in [-0.05, 0) is 24.5 Å². The molecule has 4 nitrogen and oxygen atoms in total. The number of nitrogens with two attached hydrogens (primary N) is 1. The fraction of sp³-hybridized carbons (Fsp3) is 0.462. The number of nitrogens with one attached hydrogen (secondary N) is 1. The Morgan fingerprint density at radius 2 is 2.16 bits per heavy atom. The first-order valence-electron chi connectivity index (χ1n) is 6.13. The molecule has 0 spiro atoms. The largest absolute Gasteiger partial charge is 0.399 e. The summed E-state index contributed by atoms with van der Waals surface area (Å²) in [7, 11) is 0. The van der Waals surface area contributed by atoms with E-state index in [2.05, 4.69) is 5.32 Å². The van der Waals surface area contributed by atoms with Crippen LogP contribution in [0.2, 0.25) is 10.0 Å². The molecule has 106 valence electrons. The Balaban J connectivity index is 2.73. The van der Waals surface area contributed by atoms with Gasteiger partial charge < -0.3 is 16.2 Å². The number of aliphatic hydroxyl groups excluding tert-OH is 1. The predicted molar refractivity (Wildman–Crippen MR) is 78.7 cm³/mol. The molecule has 1 aromatic rings. The van der Waals surface area contributed by atoms with Crippen molar-refractivity contribution in [2.75, 3.05) is 18.9 Å². The summed E-state index contributed by atoms with van der Waals surface area (Å²) in [5.41, 5.74) is 6.30. The van der Waals surface area contributed by atoms with Gasteiger partial charge in [-0.3, -0.25) is 4.79 Å². The standard InChI is InChI=1S/C13H18Cl2N2O2/c1-2-8(3-4-18)7-17-13(19)10-5-9(16)6-11(14)12(10)15/h5-6,8,18H,2-4,7,16H2,1H3,(H,17,19). The molecule has 0 radical (unpaired) electrons. The highest BCUT2D eigenvalue weighted by Crippen LogP contribution is 2.28. The van der Waals surface area contributed by atoms with Crippen LogP contribution in [-0.2, 0) is 0 Å². The van der Waals surface area contributed by atoms with Crippen molar-refractivity contribution in [3.63, 3.8) is 0 Å². The molecule has 1 aromatic carbocycles. The number of anilines is 1. The van der Waals surface area contributed by atoms with Crippen molar-refractivity contribution >= 4 is 34.8 Å². The summed E-state index contributed by atoms with van der Waals surface area (Å²) in [6.45, 7) is 2.61. The van der Waals surface area contributed by atoms with E-state index in [4.69, 9.17) is 34.0 Å². The maximum atomic E-state index is 12.0. The van der Waals surface area contributed by atoms with E-state index in [1.807, 2.05) is 6.92 Å². The fourth-order valence-corrected chi connectivity index (χ4v) is 2.16.